The summed E-state index contributed by atoms with van der Waals surface area (Å²) in [6.45, 7) is 4.66. The van der Waals surface area contributed by atoms with Crippen molar-refractivity contribution < 1.29 is 4.79 Å². The molecular formula is C18H25Cl2N3O. The second-order valence-corrected chi connectivity index (χ2v) is 7.79. The molecule has 0 bridgehead atoms. The first-order valence-electron chi connectivity index (χ1n) is 8.78. The van der Waals surface area contributed by atoms with Gasteiger partial charge in [-0.3, -0.25) is 9.69 Å². The van der Waals surface area contributed by atoms with Gasteiger partial charge in [-0.15, -0.1) is 0 Å². The third-order valence-electron chi connectivity index (χ3n) is 4.87. The Balaban J connectivity index is 1.47. The fraction of sp³-hybridized carbons (Fsp3) is 0.611. The van der Waals surface area contributed by atoms with Gasteiger partial charge in [-0.25, -0.2) is 0 Å². The number of amides is 1. The lowest BCUT2D eigenvalue weighted by Gasteiger charge is -2.33. The number of nitrogens with one attached hydrogen (secondary N) is 2. The number of hydrogen-bond donors (Lipinski definition) is 2. The van der Waals surface area contributed by atoms with Gasteiger partial charge < -0.3 is 10.6 Å². The van der Waals surface area contributed by atoms with E-state index in [9.17, 15) is 4.79 Å². The summed E-state index contributed by atoms with van der Waals surface area (Å²) in [4.78, 5) is 14.5. The minimum atomic E-state index is 0.0123. The standard InChI is InChI=1S/C18H25Cl2N3O/c19-15-7-14(8-16(20)9-15)12-23-6-2-3-13(11-23)10-22-18(24)17-4-1-5-21-17/h7-9,13,17,21H,1-6,10-12H2,(H,22,24). The Morgan fingerprint density at radius 1 is 1.21 bits per heavy atom. The Kier molecular flexibility index (Phi) is 6.39. The number of nitrogens with zero attached hydrogens (tertiary/aromatic N) is 1. The van der Waals surface area contributed by atoms with Crippen molar-refractivity contribution in [2.45, 2.75) is 38.3 Å². The second-order valence-electron chi connectivity index (χ2n) is 6.92. The van der Waals surface area contributed by atoms with Gasteiger partial charge in [0.25, 0.3) is 0 Å². The number of carbonyl (C=O) groups is 1. The van der Waals surface area contributed by atoms with E-state index in [1.807, 2.05) is 12.1 Å². The average Bonchev–Trinajstić information content (AvgIpc) is 3.06. The monoisotopic (exact) mass is 369 g/mol. The SMILES string of the molecule is O=C(NCC1CCCN(Cc2cc(Cl)cc(Cl)c2)C1)C1CCCN1. The Hall–Kier alpha value is -0.810. The maximum atomic E-state index is 12.1. The van der Waals surface area contributed by atoms with E-state index in [4.69, 9.17) is 23.2 Å². The third-order valence-corrected chi connectivity index (χ3v) is 5.31. The second kappa shape index (κ2) is 8.52. The summed E-state index contributed by atoms with van der Waals surface area (Å²) in [6.07, 6.45) is 4.39. The van der Waals surface area contributed by atoms with Crippen molar-refractivity contribution in [1.29, 1.82) is 0 Å². The van der Waals surface area contributed by atoms with Crippen LogP contribution in [0.5, 0.6) is 0 Å². The Morgan fingerprint density at radius 3 is 2.71 bits per heavy atom. The average molecular weight is 370 g/mol. The molecule has 2 aliphatic rings. The van der Waals surface area contributed by atoms with Crippen molar-refractivity contribution in [3.05, 3.63) is 33.8 Å². The molecule has 1 aromatic carbocycles. The predicted octanol–water partition coefficient (Wildman–Crippen LogP) is 3.07. The van der Waals surface area contributed by atoms with Gasteiger partial charge >= 0.3 is 0 Å². The van der Waals surface area contributed by atoms with Gasteiger partial charge in [0.2, 0.25) is 5.91 Å². The molecule has 0 saturated carbocycles. The van der Waals surface area contributed by atoms with Crippen molar-refractivity contribution in [3.8, 4) is 0 Å². The first-order chi connectivity index (χ1) is 11.6. The van der Waals surface area contributed by atoms with E-state index in [1.54, 1.807) is 6.07 Å². The van der Waals surface area contributed by atoms with Crippen molar-refractivity contribution in [1.82, 2.24) is 15.5 Å². The Labute approximate surface area is 153 Å². The van der Waals surface area contributed by atoms with Gasteiger partial charge in [-0.05, 0) is 68.5 Å². The molecule has 24 heavy (non-hydrogen) atoms. The van der Waals surface area contributed by atoms with Crippen LogP contribution in [0, 0.1) is 5.92 Å². The van der Waals surface area contributed by atoms with Crippen LogP contribution in [0.15, 0.2) is 18.2 Å². The molecular weight excluding hydrogens is 345 g/mol. The van der Waals surface area contributed by atoms with Crippen LogP contribution in [0.2, 0.25) is 10.0 Å². The number of carbonyl (C=O) groups excluding carboxylic acids is 1. The van der Waals surface area contributed by atoms with Crippen LogP contribution in [0.1, 0.15) is 31.2 Å². The molecule has 3 rings (SSSR count). The van der Waals surface area contributed by atoms with E-state index in [2.05, 4.69) is 15.5 Å². The molecule has 0 aliphatic carbocycles. The molecule has 1 aromatic rings. The number of hydrogen-bond acceptors (Lipinski definition) is 3. The predicted molar refractivity (Wildman–Crippen MR) is 98.5 cm³/mol. The van der Waals surface area contributed by atoms with E-state index in [1.165, 1.54) is 6.42 Å². The summed E-state index contributed by atoms with van der Waals surface area (Å²) in [6, 6.07) is 5.73. The number of halogens is 2. The molecule has 2 saturated heterocycles. The molecule has 1 amide bonds. The third kappa shape index (κ3) is 5.09. The smallest absolute Gasteiger partial charge is 0.237 e. The number of likely N-dealkylation sites (tertiary alicyclic amines) is 1. The molecule has 0 radical (unpaired) electrons. The zero-order valence-electron chi connectivity index (χ0n) is 13.9. The molecule has 2 fully saturated rings. The summed E-state index contributed by atoms with van der Waals surface area (Å²) in [5, 5.41) is 7.74. The lowest BCUT2D eigenvalue weighted by Crippen LogP contribution is -2.45. The molecule has 0 spiro atoms. The van der Waals surface area contributed by atoms with Gasteiger partial charge in [0, 0.05) is 29.7 Å². The van der Waals surface area contributed by atoms with E-state index in [0.29, 0.717) is 16.0 Å². The van der Waals surface area contributed by atoms with Crippen molar-refractivity contribution >= 4 is 29.1 Å². The zero-order chi connectivity index (χ0) is 16.9. The number of rotatable bonds is 5. The normalized spacial score (nSPS) is 24.9. The zero-order valence-corrected chi connectivity index (χ0v) is 15.4. The molecule has 2 unspecified atom stereocenters. The Morgan fingerprint density at radius 2 is 2.00 bits per heavy atom. The summed E-state index contributed by atoms with van der Waals surface area (Å²) >= 11 is 12.2. The van der Waals surface area contributed by atoms with Gasteiger partial charge in [0.1, 0.15) is 0 Å². The fourth-order valence-electron chi connectivity index (χ4n) is 3.70. The van der Waals surface area contributed by atoms with Gasteiger partial charge in [-0.2, -0.15) is 0 Å². The summed E-state index contributed by atoms with van der Waals surface area (Å²) in [7, 11) is 0. The number of piperidine rings is 1. The van der Waals surface area contributed by atoms with Gasteiger partial charge in [0.15, 0.2) is 0 Å². The summed E-state index contributed by atoms with van der Waals surface area (Å²) < 4.78 is 0. The van der Waals surface area contributed by atoms with Crippen LogP contribution in [0.3, 0.4) is 0 Å². The minimum absolute atomic E-state index is 0.0123. The molecule has 2 atom stereocenters. The topological polar surface area (TPSA) is 44.4 Å². The van der Waals surface area contributed by atoms with Crippen LogP contribution >= 0.6 is 23.2 Å². The van der Waals surface area contributed by atoms with Crippen LogP contribution in [0.25, 0.3) is 0 Å². The summed E-state index contributed by atoms with van der Waals surface area (Å²) in [5.41, 5.74) is 1.15. The number of benzene rings is 1. The molecule has 132 valence electrons. The first kappa shape index (κ1) is 18.0. The van der Waals surface area contributed by atoms with E-state index in [0.717, 1.165) is 57.5 Å². The largest absolute Gasteiger partial charge is 0.354 e. The van der Waals surface area contributed by atoms with Crippen LogP contribution in [0.4, 0.5) is 0 Å². The van der Waals surface area contributed by atoms with Crippen molar-refractivity contribution in [2.24, 2.45) is 5.92 Å². The van der Waals surface area contributed by atoms with E-state index >= 15 is 0 Å². The van der Waals surface area contributed by atoms with Gasteiger partial charge in [0.05, 0.1) is 6.04 Å². The highest BCUT2D eigenvalue weighted by atomic mass is 35.5. The lowest BCUT2D eigenvalue weighted by atomic mass is 9.97. The van der Waals surface area contributed by atoms with Crippen molar-refractivity contribution in [3.63, 3.8) is 0 Å². The highest BCUT2D eigenvalue weighted by molar-refractivity contribution is 6.34. The summed E-state index contributed by atoms with van der Waals surface area (Å²) in [5.74, 6) is 0.671. The maximum Gasteiger partial charge on any atom is 0.237 e. The molecule has 6 heteroatoms. The first-order valence-corrected chi connectivity index (χ1v) is 9.54. The van der Waals surface area contributed by atoms with Crippen LogP contribution < -0.4 is 10.6 Å². The maximum absolute atomic E-state index is 12.1. The van der Waals surface area contributed by atoms with E-state index in [-0.39, 0.29) is 11.9 Å². The Bertz CT molecular complexity index is 555. The van der Waals surface area contributed by atoms with Crippen LogP contribution in [-0.4, -0.2) is 43.0 Å². The molecule has 2 N–H and O–H groups in total. The van der Waals surface area contributed by atoms with Crippen LogP contribution in [-0.2, 0) is 11.3 Å². The molecule has 0 aromatic heterocycles. The fourth-order valence-corrected chi connectivity index (χ4v) is 4.27. The molecule has 2 aliphatic heterocycles. The van der Waals surface area contributed by atoms with Gasteiger partial charge in [-0.1, -0.05) is 23.2 Å². The molecule has 4 nitrogen and oxygen atoms in total. The minimum Gasteiger partial charge on any atom is -0.354 e. The lowest BCUT2D eigenvalue weighted by molar-refractivity contribution is -0.123. The highest BCUT2D eigenvalue weighted by Gasteiger charge is 2.24. The highest BCUT2D eigenvalue weighted by Crippen LogP contribution is 2.23. The molecule has 2 heterocycles. The quantitative estimate of drug-likeness (QED) is 0.837. The van der Waals surface area contributed by atoms with Crippen molar-refractivity contribution in [2.75, 3.05) is 26.2 Å². The van der Waals surface area contributed by atoms with E-state index < -0.39 is 0 Å².